The van der Waals surface area contributed by atoms with Crippen molar-refractivity contribution in [1.82, 2.24) is 5.32 Å². The molecule has 0 radical (unpaired) electrons. The minimum atomic E-state index is -0.442. The average molecular weight is 232 g/mol. The van der Waals surface area contributed by atoms with Crippen molar-refractivity contribution in [3.05, 3.63) is 34.9 Å². The first-order valence-corrected chi connectivity index (χ1v) is 6.07. The number of benzene rings is 1. The van der Waals surface area contributed by atoms with E-state index in [1.54, 1.807) is 0 Å². The lowest BCUT2D eigenvalue weighted by Gasteiger charge is -2.20. The van der Waals surface area contributed by atoms with Crippen molar-refractivity contribution in [3.8, 4) is 0 Å². The Bertz CT molecular complexity index is 446. The molecule has 3 heteroatoms. The van der Waals surface area contributed by atoms with Crippen molar-refractivity contribution < 1.29 is 4.79 Å². The molecule has 1 atom stereocenters. The van der Waals surface area contributed by atoms with Crippen molar-refractivity contribution >= 4 is 6.03 Å². The molecule has 0 aliphatic heterocycles. The zero-order chi connectivity index (χ0) is 12.6. The molecule has 1 aromatic rings. The monoisotopic (exact) mass is 232 g/mol. The molecule has 1 aliphatic carbocycles. The minimum absolute atomic E-state index is 0.0940. The standard InChI is InChI=1S/C14H20N2O/c1-14(2,3)10-5-6-11-9(8-10)4-7-12(11)16-13(15)17/h5-6,8,12H,4,7H2,1-3H3,(H3,15,16,17)/t12-/m1/s1. The van der Waals surface area contributed by atoms with E-state index in [9.17, 15) is 4.79 Å². The number of nitrogens with two attached hydrogens (primary N) is 1. The van der Waals surface area contributed by atoms with Gasteiger partial charge in [-0.15, -0.1) is 0 Å². The Kier molecular flexibility index (Phi) is 2.86. The fourth-order valence-electron chi connectivity index (χ4n) is 2.41. The van der Waals surface area contributed by atoms with Gasteiger partial charge in [-0.2, -0.15) is 0 Å². The van der Waals surface area contributed by atoms with E-state index in [-0.39, 0.29) is 11.5 Å². The second kappa shape index (κ2) is 4.06. The van der Waals surface area contributed by atoms with Crippen LogP contribution in [0.15, 0.2) is 18.2 Å². The van der Waals surface area contributed by atoms with Crippen LogP contribution in [-0.4, -0.2) is 6.03 Å². The molecule has 0 saturated carbocycles. The van der Waals surface area contributed by atoms with Gasteiger partial charge in [-0.05, 0) is 34.9 Å². The molecule has 0 heterocycles. The number of rotatable bonds is 1. The van der Waals surface area contributed by atoms with Crippen LogP contribution in [0.5, 0.6) is 0 Å². The molecule has 0 aromatic heterocycles. The van der Waals surface area contributed by atoms with Crippen LogP contribution in [0.1, 0.15) is 49.9 Å². The van der Waals surface area contributed by atoms with E-state index in [0.29, 0.717) is 0 Å². The van der Waals surface area contributed by atoms with E-state index in [4.69, 9.17) is 5.73 Å². The number of primary amides is 1. The van der Waals surface area contributed by atoms with E-state index in [1.165, 1.54) is 16.7 Å². The first-order valence-electron chi connectivity index (χ1n) is 6.07. The second-order valence-electron chi connectivity index (χ2n) is 5.76. The summed E-state index contributed by atoms with van der Waals surface area (Å²) < 4.78 is 0. The third-order valence-electron chi connectivity index (χ3n) is 3.40. The zero-order valence-electron chi connectivity index (χ0n) is 10.7. The van der Waals surface area contributed by atoms with Gasteiger partial charge in [0.25, 0.3) is 0 Å². The van der Waals surface area contributed by atoms with E-state index in [2.05, 4.69) is 44.3 Å². The SMILES string of the molecule is CC(C)(C)c1ccc2c(c1)CC[C@H]2NC(N)=O. The first kappa shape index (κ1) is 12.0. The van der Waals surface area contributed by atoms with Crippen LogP contribution >= 0.6 is 0 Å². The molecular formula is C14H20N2O. The maximum absolute atomic E-state index is 10.9. The lowest BCUT2D eigenvalue weighted by molar-refractivity contribution is 0.245. The van der Waals surface area contributed by atoms with Crippen LogP contribution in [-0.2, 0) is 11.8 Å². The summed E-state index contributed by atoms with van der Waals surface area (Å²) in [6.07, 6.45) is 1.97. The van der Waals surface area contributed by atoms with Crippen molar-refractivity contribution in [2.45, 2.75) is 45.1 Å². The number of fused-ring (bicyclic) bond motifs is 1. The number of aryl methyl sites for hydroxylation is 1. The minimum Gasteiger partial charge on any atom is -0.352 e. The average Bonchev–Trinajstić information content (AvgIpc) is 2.59. The van der Waals surface area contributed by atoms with Gasteiger partial charge in [-0.25, -0.2) is 4.79 Å². The highest BCUT2D eigenvalue weighted by molar-refractivity contribution is 5.72. The largest absolute Gasteiger partial charge is 0.352 e. The summed E-state index contributed by atoms with van der Waals surface area (Å²) >= 11 is 0. The Balaban J connectivity index is 2.29. The van der Waals surface area contributed by atoms with Gasteiger partial charge < -0.3 is 11.1 Å². The fraction of sp³-hybridized carbons (Fsp3) is 0.500. The molecule has 0 bridgehead atoms. The van der Waals surface area contributed by atoms with Gasteiger partial charge >= 0.3 is 6.03 Å². The smallest absolute Gasteiger partial charge is 0.312 e. The van der Waals surface area contributed by atoms with Gasteiger partial charge in [0.15, 0.2) is 0 Å². The summed E-state index contributed by atoms with van der Waals surface area (Å²) in [5.74, 6) is 0. The van der Waals surface area contributed by atoms with Gasteiger partial charge in [-0.1, -0.05) is 39.0 Å². The van der Waals surface area contributed by atoms with E-state index >= 15 is 0 Å². The molecule has 2 rings (SSSR count). The summed E-state index contributed by atoms with van der Waals surface area (Å²) in [5, 5.41) is 2.79. The third-order valence-corrected chi connectivity index (χ3v) is 3.40. The van der Waals surface area contributed by atoms with Crippen molar-refractivity contribution in [2.24, 2.45) is 5.73 Å². The van der Waals surface area contributed by atoms with E-state index in [1.807, 2.05) is 0 Å². The number of nitrogens with one attached hydrogen (secondary N) is 1. The Labute approximate surface area is 102 Å². The number of hydrogen-bond donors (Lipinski definition) is 2. The predicted molar refractivity (Wildman–Crippen MR) is 68.9 cm³/mol. The number of carbonyl (C=O) groups is 1. The molecule has 0 saturated heterocycles. The number of hydrogen-bond acceptors (Lipinski definition) is 1. The molecule has 1 aromatic carbocycles. The quantitative estimate of drug-likeness (QED) is 0.768. The molecule has 17 heavy (non-hydrogen) atoms. The molecule has 0 fully saturated rings. The van der Waals surface area contributed by atoms with Crippen molar-refractivity contribution in [1.29, 1.82) is 0 Å². The lowest BCUT2D eigenvalue weighted by Crippen LogP contribution is -2.32. The topological polar surface area (TPSA) is 55.1 Å². The highest BCUT2D eigenvalue weighted by Gasteiger charge is 2.25. The molecule has 3 nitrogen and oxygen atoms in total. The van der Waals surface area contributed by atoms with Gasteiger partial charge in [-0.3, -0.25) is 0 Å². The summed E-state index contributed by atoms with van der Waals surface area (Å²) in [5.41, 5.74) is 9.26. The Morgan fingerprint density at radius 3 is 2.71 bits per heavy atom. The van der Waals surface area contributed by atoms with Gasteiger partial charge in [0, 0.05) is 0 Å². The third kappa shape index (κ3) is 2.43. The molecule has 0 spiro atoms. The summed E-state index contributed by atoms with van der Waals surface area (Å²) in [6.45, 7) is 6.63. The highest BCUT2D eigenvalue weighted by Crippen LogP contribution is 2.34. The molecule has 92 valence electrons. The van der Waals surface area contributed by atoms with Crippen molar-refractivity contribution in [2.75, 3.05) is 0 Å². The van der Waals surface area contributed by atoms with Gasteiger partial charge in [0.05, 0.1) is 6.04 Å². The summed E-state index contributed by atoms with van der Waals surface area (Å²) in [6, 6.07) is 6.20. The van der Waals surface area contributed by atoms with Crippen LogP contribution in [0.2, 0.25) is 0 Å². The van der Waals surface area contributed by atoms with Gasteiger partial charge in [0.1, 0.15) is 0 Å². The highest BCUT2D eigenvalue weighted by atomic mass is 16.2. The molecule has 1 aliphatic rings. The molecule has 2 amide bonds. The van der Waals surface area contributed by atoms with E-state index < -0.39 is 6.03 Å². The molecule has 3 N–H and O–H groups in total. The Morgan fingerprint density at radius 2 is 2.12 bits per heavy atom. The number of amides is 2. The predicted octanol–water partition coefficient (Wildman–Crippen LogP) is 2.64. The number of urea groups is 1. The molecule has 0 unspecified atom stereocenters. The van der Waals surface area contributed by atoms with Gasteiger partial charge in [0.2, 0.25) is 0 Å². The zero-order valence-corrected chi connectivity index (χ0v) is 10.7. The maximum Gasteiger partial charge on any atom is 0.312 e. The maximum atomic E-state index is 10.9. The number of carbonyl (C=O) groups excluding carboxylic acids is 1. The Morgan fingerprint density at radius 1 is 1.41 bits per heavy atom. The summed E-state index contributed by atoms with van der Waals surface area (Å²) in [7, 11) is 0. The van der Waals surface area contributed by atoms with Crippen LogP contribution in [0.4, 0.5) is 4.79 Å². The van der Waals surface area contributed by atoms with Crippen molar-refractivity contribution in [3.63, 3.8) is 0 Å². The van der Waals surface area contributed by atoms with Crippen LogP contribution in [0.3, 0.4) is 0 Å². The molecular weight excluding hydrogens is 212 g/mol. The normalized spacial score (nSPS) is 18.9. The van der Waals surface area contributed by atoms with E-state index in [0.717, 1.165) is 12.8 Å². The fourth-order valence-corrected chi connectivity index (χ4v) is 2.41. The van der Waals surface area contributed by atoms with Crippen LogP contribution in [0, 0.1) is 0 Å². The Hall–Kier alpha value is -1.51. The van der Waals surface area contributed by atoms with Crippen LogP contribution in [0.25, 0.3) is 0 Å². The first-order chi connectivity index (χ1) is 7.88. The summed E-state index contributed by atoms with van der Waals surface area (Å²) in [4.78, 5) is 10.9. The van der Waals surface area contributed by atoms with Crippen LogP contribution < -0.4 is 11.1 Å². The second-order valence-corrected chi connectivity index (χ2v) is 5.76. The lowest BCUT2D eigenvalue weighted by atomic mass is 9.85.